The summed E-state index contributed by atoms with van der Waals surface area (Å²) in [5.74, 6) is 2.76. The first-order valence-electron chi connectivity index (χ1n) is 13.9. The molecule has 4 fully saturated rings. The van der Waals surface area contributed by atoms with Crippen LogP contribution in [0.15, 0.2) is 0 Å². The Morgan fingerprint density at radius 1 is 0.613 bits per heavy atom. The summed E-state index contributed by atoms with van der Waals surface area (Å²) in [4.78, 5) is 0. The molecule has 0 radical (unpaired) electrons. The Labute approximate surface area is 189 Å². The second kappa shape index (κ2) is 11.3. The lowest BCUT2D eigenvalue weighted by Gasteiger charge is -2.40. The predicted octanol–water partition coefficient (Wildman–Crippen LogP) is 9.02. The summed E-state index contributed by atoms with van der Waals surface area (Å²) < 4.78 is 44.0. The zero-order valence-corrected chi connectivity index (χ0v) is 19.9. The van der Waals surface area contributed by atoms with Crippen molar-refractivity contribution >= 4 is 0 Å². The van der Waals surface area contributed by atoms with Crippen LogP contribution >= 0.6 is 0 Å². The average Bonchev–Trinajstić information content (AvgIpc) is 2.80. The van der Waals surface area contributed by atoms with Crippen molar-refractivity contribution in [1.82, 2.24) is 0 Å². The van der Waals surface area contributed by atoms with Crippen molar-refractivity contribution in [3.05, 3.63) is 0 Å². The largest absolute Gasteiger partial charge is 0.247 e. The smallest absolute Gasteiger partial charge is 0.134 e. The van der Waals surface area contributed by atoms with Gasteiger partial charge in [0, 0.05) is 0 Å². The standard InChI is InChI=1S/C28H47F3/c1-19-10-13-24(18-26(19)29)21-14-11-20(12-15-21)6-5-9-23-16-17-25(28(31)27(23)30)22-7-3-2-4-8-22/h19-28H,2-18H2,1H3/t19-,20?,21?,23-,24+,25-,26+,27-,28?/m0/s1. The molecule has 4 aliphatic rings. The van der Waals surface area contributed by atoms with Gasteiger partial charge in [0.25, 0.3) is 0 Å². The number of hydrogen-bond acceptors (Lipinski definition) is 0. The van der Waals surface area contributed by atoms with Gasteiger partial charge in [-0.2, -0.15) is 0 Å². The molecule has 7 atom stereocenters. The van der Waals surface area contributed by atoms with E-state index in [1.54, 1.807) is 0 Å². The van der Waals surface area contributed by atoms with Crippen molar-refractivity contribution in [1.29, 1.82) is 0 Å². The van der Waals surface area contributed by atoms with Gasteiger partial charge in [0.1, 0.15) is 18.5 Å². The molecule has 1 unspecified atom stereocenters. The van der Waals surface area contributed by atoms with Gasteiger partial charge in [-0.05, 0) is 92.8 Å². The Morgan fingerprint density at radius 3 is 2.03 bits per heavy atom. The van der Waals surface area contributed by atoms with Crippen molar-refractivity contribution in [2.24, 2.45) is 41.4 Å². The van der Waals surface area contributed by atoms with Gasteiger partial charge >= 0.3 is 0 Å². The number of rotatable bonds is 6. The Hall–Kier alpha value is -0.210. The molecule has 4 aliphatic carbocycles. The Balaban J connectivity index is 1.14. The fourth-order valence-corrected chi connectivity index (χ4v) is 7.93. The van der Waals surface area contributed by atoms with Crippen LogP contribution in [0.25, 0.3) is 0 Å². The van der Waals surface area contributed by atoms with E-state index >= 15 is 0 Å². The Kier molecular flexibility index (Phi) is 8.71. The van der Waals surface area contributed by atoms with E-state index in [4.69, 9.17) is 0 Å². The molecule has 0 saturated heterocycles. The van der Waals surface area contributed by atoms with E-state index in [-0.39, 0.29) is 17.8 Å². The second-order valence-electron chi connectivity index (χ2n) is 12.1. The van der Waals surface area contributed by atoms with Crippen LogP contribution in [0.1, 0.15) is 116 Å². The highest BCUT2D eigenvalue weighted by atomic mass is 19.2. The lowest BCUT2D eigenvalue weighted by atomic mass is 9.67. The summed E-state index contributed by atoms with van der Waals surface area (Å²) in [5, 5.41) is 0. The van der Waals surface area contributed by atoms with Crippen LogP contribution in [-0.4, -0.2) is 18.5 Å². The van der Waals surface area contributed by atoms with Crippen LogP contribution in [0.5, 0.6) is 0 Å². The van der Waals surface area contributed by atoms with E-state index in [9.17, 15) is 13.2 Å². The molecule has 4 rings (SSSR count). The number of alkyl halides is 3. The van der Waals surface area contributed by atoms with Crippen molar-refractivity contribution in [2.45, 2.75) is 135 Å². The molecule has 0 heterocycles. The lowest BCUT2D eigenvalue weighted by molar-refractivity contribution is -0.0118. The predicted molar refractivity (Wildman–Crippen MR) is 123 cm³/mol. The third kappa shape index (κ3) is 6.03. The fraction of sp³-hybridized carbons (Fsp3) is 1.00. The van der Waals surface area contributed by atoms with E-state index in [1.807, 2.05) is 0 Å². The number of hydrogen-bond donors (Lipinski definition) is 0. The summed E-state index contributed by atoms with van der Waals surface area (Å²) in [6.07, 6.45) is 16.0. The van der Waals surface area contributed by atoms with Gasteiger partial charge in [0.15, 0.2) is 0 Å². The second-order valence-corrected chi connectivity index (χ2v) is 12.1. The van der Waals surface area contributed by atoms with Crippen molar-refractivity contribution in [3.8, 4) is 0 Å². The molecule has 0 aliphatic heterocycles. The van der Waals surface area contributed by atoms with E-state index in [0.29, 0.717) is 11.8 Å². The van der Waals surface area contributed by atoms with E-state index < -0.39 is 18.5 Å². The van der Waals surface area contributed by atoms with Crippen LogP contribution in [-0.2, 0) is 0 Å². The maximum atomic E-state index is 14.9. The van der Waals surface area contributed by atoms with E-state index in [2.05, 4.69) is 6.92 Å². The van der Waals surface area contributed by atoms with E-state index in [0.717, 1.165) is 63.2 Å². The minimum absolute atomic E-state index is 0.00600. The molecule has 31 heavy (non-hydrogen) atoms. The van der Waals surface area contributed by atoms with Gasteiger partial charge < -0.3 is 0 Å². The molecule has 0 aromatic heterocycles. The quantitative estimate of drug-likeness (QED) is 0.386. The molecule has 180 valence electrons. The molecular formula is C28H47F3. The van der Waals surface area contributed by atoms with Crippen LogP contribution < -0.4 is 0 Å². The summed E-state index contributed by atoms with van der Waals surface area (Å²) in [5.41, 5.74) is 0. The molecule has 0 aromatic carbocycles. The molecule has 0 spiro atoms. The molecular weight excluding hydrogens is 393 g/mol. The first kappa shape index (κ1) is 23.9. The van der Waals surface area contributed by atoms with Crippen molar-refractivity contribution in [2.75, 3.05) is 0 Å². The van der Waals surface area contributed by atoms with E-state index in [1.165, 1.54) is 57.8 Å². The average molecular weight is 441 g/mol. The molecule has 0 N–H and O–H groups in total. The van der Waals surface area contributed by atoms with Crippen molar-refractivity contribution in [3.63, 3.8) is 0 Å². The highest BCUT2D eigenvalue weighted by Crippen LogP contribution is 2.45. The maximum Gasteiger partial charge on any atom is 0.134 e. The SMILES string of the molecule is C[C@H]1CC[C@@H](C2CCC(CCC[C@H]3CC[C@@H](C4CCCCC4)C(F)[C@H]3F)CC2)C[C@H]1F. The molecule has 0 bridgehead atoms. The third-order valence-corrected chi connectivity index (χ3v) is 10.2. The van der Waals surface area contributed by atoms with Gasteiger partial charge in [0.05, 0.1) is 0 Å². The highest BCUT2D eigenvalue weighted by molar-refractivity contribution is 4.92. The summed E-state index contributed by atoms with van der Waals surface area (Å²) in [6, 6.07) is 0. The van der Waals surface area contributed by atoms with Crippen LogP contribution in [0.3, 0.4) is 0 Å². The maximum absolute atomic E-state index is 14.9. The van der Waals surface area contributed by atoms with Gasteiger partial charge in [0.2, 0.25) is 0 Å². The molecule has 3 heteroatoms. The minimum Gasteiger partial charge on any atom is -0.247 e. The Morgan fingerprint density at radius 2 is 1.32 bits per heavy atom. The topological polar surface area (TPSA) is 0 Å². The van der Waals surface area contributed by atoms with Gasteiger partial charge in [-0.1, -0.05) is 64.7 Å². The van der Waals surface area contributed by atoms with Gasteiger partial charge in [-0.15, -0.1) is 0 Å². The first-order chi connectivity index (χ1) is 15.0. The molecule has 4 saturated carbocycles. The molecule has 0 nitrogen and oxygen atoms in total. The van der Waals surface area contributed by atoms with Crippen LogP contribution in [0.2, 0.25) is 0 Å². The molecule has 0 aromatic rings. The molecule has 0 amide bonds. The first-order valence-corrected chi connectivity index (χ1v) is 13.9. The third-order valence-electron chi connectivity index (χ3n) is 10.2. The normalized spacial score (nSPS) is 45.5. The zero-order chi connectivity index (χ0) is 21.8. The number of halogens is 3. The van der Waals surface area contributed by atoms with Crippen molar-refractivity contribution < 1.29 is 13.2 Å². The highest BCUT2D eigenvalue weighted by Gasteiger charge is 2.43. The Bertz CT molecular complexity index is 522. The summed E-state index contributed by atoms with van der Waals surface area (Å²) in [6.45, 7) is 2.06. The van der Waals surface area contributed by atoms with Gasteiger partial charge in [-0.3, -0.25) is 0 Å². The fourth-order valence-electron chi connectivity index (χ4n) is 7.93. The monoisotopic (exact) mass is 440 g/mol. The minimum atomic E-state index is -1.22. The zero-order valence-electron chi connectivity index (χ0n) is 19.9. The summed E-state index contributed by atoms with van der Waals surface area (Å²) >= 11 is 0. The van der Waals surface area contributed by atoms with Crippen LogP contribution in [0.4, 0.5) is 13.2 Å². The lowest BCUT2D eigenvalue weighted by Crippen LogP contribution is -2.41. The summed E-state index contributed by atoms with van der Waals surface area (Å²) in [7, 11) is 0. The van der Waals surface area contributed by atoms with Gasteiger partial charge in [-0.25, -0.2) is 13.2 Å². The van der Waals surface area contributed by atoms with Crippen LogP contribution in [0, 0.1) is 41.4 Å².